The number of carbonyl (C=O) groups is 1. The predicted octanol–water partition coefficient (Wildman–Crippen LogP) is 0.636. The quantitative estimate of drug-likeness (QED) is 0.733. The molecule has 0 aromatic heterocycles. The highest BCUT2D eigenvalue weighted by Crippen LogP contribution is 2.06. The molecule has 0 radical (unpaired) electrons. The van der Waals surface area contributed by atoms with Gasteiger partial charge >= 0.3 is 6.09 Å². The van der Waals surface area contributed by atoms with Crippen LogP contribution >= 0.6 is 0 Å². The molecule has 1 saturated heterocycles. The van der Waals surface area contributed by atoms with E-state index in [4.69, 9.17) is 9.84 Å². The highest BCUT2D eigenvalue weighted by molar-refractivity contribution is 5.67. The van der Waals surface area contributed by atoms with Gasteiger partial charge in [-0.15, -0.1) is 0 Å². The van der Waals surface area contributed by atoms with E-state index < -0.39 is 6.09 Å². The Morgan fingerprint density at radius 2 is 2.22 bits per heavy atom. The number of hydrogen-bond acceptors (Lipinski definition) is 4. The van der Waals surface area contributed by atoms with Crippen molar-refractivity contribution < 1.29 is 14.6 Å². The van der Waals surface area contributed by atoms with E-state index in [-0.39, 0.29) is 25.3 Å². The number of ether oxygens (including phenoxy) is 1. The molecule has 1 aromatic carbocycles. The molecule has 18 heavy (non-hydrogen) atoms. The Balaban J connectivity index is 1.70. The maximum absolute atomic E-state index is 11.5. The Morgan fingerprint density at radius 3 is 2.89 bits per heavy atom. The number of hydrogen-bond donors (Lipinski definition) is 3. The minimum absolute atomic E-state index is 0.0328. The third kappa shape index (κ3) is 3.72. The zero-order valence-electron chi connectivity index (χ0n) is 10.1. The van der Waals surface area contributed by atoms with Crippen molar-refractivity contribution in [2.75, 3.05) is 13.2 Å². The summed E-state index contributed by atoms with van der Waals surface area (Å²) in [7, 11) is 0. The van der Waals surface area contributed by atoms with Gasteiger partial charge in [0.15, 0.2) is 0 Å². The third-order valence-electron chi connectivity index (χ3n) is 2.98. The third-order valence-corrected chi connectivity index (χ3v) is 2.98. The standard InChI is InChI=1S/C13H18N2O3/c16-8-12-6-11(7-14-12)15-13(17)18-9-10-4-2-1-3-5-10/h1-5,11-12,14,16H,6-9H2,(H,15,17)/t11-,12-/m0/s1. The van der Waals surface area contributed by atoms with Crippen LogP contribution in [-0.4, -0.2) is 36.4 Å². The molecule has 1 amide bonds. The molecular weight excluding hydrogens is 232 g/mol. The van der Waals surface area contributed by atoms with Crippen molar-refractivity contribution in [3.63, 3.8) is 0 Å². The molecule has 1 aliphatic rings. The van der Waals surface area contributed by atoms with E-state index in [0.717, 1.165) is 12.0 Å². The van der Waals surface area contributed by atoms with Crippen molar-refractivity contribution in [3.05, 3.63) is 35.9 Å². The molecule has 1 aliphatic heterocycles. The van der Waals surface area contributed by atoms with Crippen molar-refractivity contribution >= 4 is 6.09 Å². The van der Waals surface area contributed by atoms with Crippen molar-refractivity contribution in [2.24, 2.45) is 0 Å². The summed E-state index contributed by atoms with van der Waals surface area (Å²) >= 11 is 0. The van der Waals surface area contributed by atoms with Gasteiger partial charge in [0.25, 0.3) is 0 Å². The molecule has 0 unspecified atom stereocenters. The van der Waals surface area contributed by atoms with E-state index in [1.165, 1.54) is 0 Å². The summed E-state index contributed by atoms with van der Waals surface area (Å²) in [6, 6.07) is 9.66. The summed E-state index contributed by atoms with van der Waals surface area (Å²) in [6.07, 6.45) is 0.320. The smallest absolute Gasteiger partial charge is 0.407 e. The lowest BCUT2D eigenvalue weighted by molar-refractivity contribution is 0.136. The zero-order chi connectivity index (χ0) is 12.8. The van der Waals surface area contributed by atoms with Crippen molar-refractivity contribution in [1.29, 1.82) is 0 Å². The molecule has 5 heteroatoms. The fraction of sp³-hybridized carbons (Fsp3) is 0.462. The number of nitrogens with one attached hydrogen (secondary N) is 2. The van der Waals surface area contributed by atoms with Crippen LogP contribution in [0, 0.1) is 0 Å². The summed E-state index contributed by atoms with van der Waals surface area (Å²) < 4.78 is 5.12. The number of carbonyl (C=O) groups excluding carboxylic acids is 1. The van der Waals surface area contributed by atoms with E-state index >= 15 is 0 Å². The fourth-order valence-electron chi connectivity index (χ4n) is 2.00. The minimum Gasteiger partial charge on any atom is -0.445 e. The second kappa shape index (κ2) is 6.37. The van der Waals surface area contributed by atoms with Gasteiger partial charge in [0.05, 0.1) is 6.61 Å². The Hall–Kier alpha value is -1.59. The summed E-state index contributed by atoms with van der Waals surface area (Å²) in [5.41, 5.74) is 0.963. The van der Waals surface area contributed by atoms with Crippen LogP contribution in [0.4, 0.5) is 4.79 Å². The maximum atomic E-state index is 11.5. The van der Waals surface area contributed by atoms with E-state index in [2.05, 4.69) is 10.6 Å². The van der Waals surface area contributed by atoms with Crippen LogP contribution in [0.15, 0.2) is 30.3 Å². The minimum atomic E-state index is -0.413. The van der Waals surface area contributed by atoms with Gasteiger partial charge in [-0.05, 0) is 12.0 Å². The molecule has 2 atom stereocenters. The Morgan fingerprint density at radius 1 is 1.44 bits per heavy atom. The van der Waals surface area contributed by atoms with Gasteiger partial charge in [0, 0.05) is 18.6 Å². The lowest BCUT2D eigenvalue weighted by atomic mass is 10.2. The average Bonchev–Trinajstić information content (AvgIpc) is 2.85. The summed E-state index contributed by atoms with van der Waals surface area (Å²) in [4.78, 5) is 11.5. The Labute approximate surface area is 106 Å². The van der Waals surface area contributed by atoms with Gasteiger partial charge in [-0.25, -0.2) is 4.79 Å². The van der Waals surface area contributed by atoms with E-state index in [9.17, 15) is 4.79 Å². The van der Waals surface area contributed by atoms with E-state index in [1.54, 1.807) is 0 Å². The Bertz CT molecular complexity index is 383. The molecule has 5 nitrogen and oxygen atoms in total. The second-order valence-corrected chi connectivity index (χ2v) is 4.43. The van der Waals surface area contributed by atoms with Gasteiger partial charge in [0.1, 0.15) is 6.61 Å². The first kappa shape index (κ1) is 12.9. The molecule has 1 aromatic rings. The molecule has 1 heterocycles. The SMILES string of the molecule is O=C(N[C@@H]1CN[C@H](CO)C1)OCc1ccccc1. The first-order chi connectivity index (χ1) is 8.78. The highest BCUT2D eigenvalue weighted by Gasteiger charge is 2.24. The first-order valence-electron chi connectivity index (χ1n) is 6.09. The molecule has 98 valence electrons. The van der Waals surface area contributed by atoms with Crippen LogP contribution in [-0.2, 0) is 11.3 Å². The number of amides is 1. The molecule has 3 N–H and O–H groups in total. The number of alkyl carbamates (subject to hydrolysis) is 1. The van der Waals surface area contributed by atoms with E-state index in [1.807, 2.05) is 30.3 Å². The average molecular weight is 250 g/mol. The number of aliphatic hydroxyl groups is 1. The van der Waals surface area contributed by atoms with Gasteiger partial charge in [-0.1, -0.05) is 30.3 Å². The predicted molar refractivity (Wildman–Crippen MR) is 67.0 cm³/mol. The summed E-state index contributed by atoms with van der Waals surface area (Å²) in [5.74, 6) is 0. The van der Waals surface area contributed by atoms with Crippen LogP contribution < -0.4 is 10.6 Å². The number of benzene rings is 1. The van der Waals surface area contributed by atoms with Gasteiger partial charge in [0.2, 0.25) is 0 Å². The van der Waals surface area contributed by atoms with Crippen LogP contribution in [0.25, 0.3) is 0 Å². The van der Waals surface area contributed by atoms with Gasteiger partial charge in [-0.2, -0.15) is 0 Å². The number of rotatable bonds is 4. The normalized spacial score (nSPS) is 22.7. The second-order valence-electron chi connectivity index (χ2n) is 4.43. The number of aliphatic hydroxyl groups excluding tert-OH is 1. The van der Waals surface area contributed by atoms with E-state index in [0.29, 0.717) is 6.54 Å². The van der Waals surface area contributed by atoms with Crippen LogP contribution in [0.5, 0.6) is 0 Å². The molecule has 0 spiro atoms. The summed E-state index contributed by atoms with van der Waals surface area (Å²) in [5, 5.41) is 14.9. The molecule has 1 fully saturated rings. The highest BCUT2D eigenvalue weighted by atomic mass is 16.5. The van der Waals surface area contributed by atoms with Crippen molar-refractivity contribution in [1.82, 2.24) is 10.6 Å². The monoisotopic (exact) mass is 250 g/mol. The van der Waals surface area contributed by atoms with Crippen LogP contribution in [0.1, 0.15) is 12.0 Å². The first-order valence-corrected chi connectivity index (χ1v) is 6.09. The van der Waals surface area contributed by atoms with Crippen LogP contribution in [0.2, 0.25) is 0 Å². The van der Waals surface area contributed by atoms with Gasteiger partial charge < -0.3 is 20.5 Å². The maximum Gasteiger partial charge on any atom is 0.407 e. The molecule has 0 saturated carbocycles. The van der Waals surface area contributed by atoms with Crippen molar-refractivity contribution in [2.45, 2.75) is 25.1 Å². The van der Waals surface area contributed by atoms with Gasteiger partial charge in [-0.3, -0.25) is 0 Å². The van der Waals surface area contributed by atoms with Crippen LogP contribution in [0.3, 0.4) is 0 Å². The molecule has 0 aliphatic carbocycles. The zero-order valence-corrected chi connectivity index (χ0v) is 10.1. The Kier molecular flexibility index (Phi) is 4.55. The lowest BCUT2D eigenvalue weighted by Gasteiger charge is -2.12. The topological polar surface area (TPSA) is 70.6 Å². The molecule has 0 bridgehead atoms. The molecule has 2 rings (SSSR count). The van der Waals surface area contributed by atoms with Crippen molar-refractivity contribution in [3.8, 4) is 0 Å². The lowest BCUT2D eigenvalue weighted by Crippen LogP contribution is -2.36. The largest absolute Gasteiger partial charge is 0.445 e. The fourth-order valence-corrected chi connectivity index (χ4v) is 2.00. The molecular formula is C13H18N2O3. The summed E-state index contributed by atoms with van der Waals surface area (Å²) in [6.45, 7) is 1.04.